The molecule has 0 N–H and O–H groups in total. The number of hydrogen-bond acceptors (Lipinski definition) is 8. The number of benzene rings is 2. The number of ether oxygens (including phenoxy) is 1. The minimum absolute atomic E-state index is 0.140. The fourth-order valence-corrected chi connectivity index (χ4v) is 10.7. The second-order valence-corrected chi connectivity index (χ2v) is 17.1. The van der Waals surface area contributed by atoms with Crippen LogP contribution in [0.3, 0.4) is 0 Å². The van der Waals surface area contributed by atoms with Crippen molar-refractivity contribution in [2.45, 2.75) is 65.8 Å². The van der Waals surface area contributed by atoms with Crippen LogP contribution in [0.1, 0.15) is 50.5 Å². The lowest BCUT2D eigenvalue weighted by Crippen LogP contribution is -2.64. The minimum Gasteiger partial charge on any atom is -0.469 e. The molecule has 270 valence electrons. The van der Waals surface area contributed by atoms with Crippen molar-refractivity contribution in [3.8, 4) is 0 Å². The van der Waals surface area contributed by atoms with Crippen molar-refractivity contribution in [2.75, 3.05) is 64.4 Å². The van der Waals surface area contributed by atoms with Crippen LogP contribution in [0, 0.1) is 23.6 Å². The lowest BCUT2D eigenvalue weighted by atomic mass is 9.56. The van der Waals surface area contributed by atoms with Gasteiger partial charge in [-0.3, -0.25) is 14.4 Å². The molecule has 50 heavy (non-hydrogen) atoms. The normalized spacial score (nSPS) is 24.4. The third-order valence-electron chi connectivity index (χ3n) is 12.0. The monoisotopic (exact) mass is 709 g/mol. The Morgan fingerprint density at radius 3 is 2.34 bits per heavy atom. The van der Waals surface area contributed by atoms with E-state index in [0.717, 1.165) is 82.5 Å². The molecular weight excluding hydrogens is 661 g/mol. The highest BCUT2D eigenvalue weighted by Crippen LogP contribution is 2.54. The largest absolute Gasteiger partial charge is 0.469 e. The first-order valence-electron chi connectivity index (χ1n) is 18.0. The third kappa shape index (κ3) is 6.82. The number of aromatic nitrogens is 2. The van der Waals surface area contributed by atoms with Crippen LogP contribution >= 0.6 is 0 Å². The van der Waals surface area contributed by atoms with Gasteiger partial charge in [0.15, 0.2) is 5.67 Å². The lowest BCUT2D eigenvalue weighted by Gasteiger charge is -2.54. The molecule has 3 aromatic rings. The molecule has 0 bridgehead atoms. The van der Waals surface area contributed by atoms with Crippen LogP contribution in [0.25, 0.3) is 0 Å². The summed E-state index contributed by atoms with van der Waals surface area (Å²) < 4.78 is 63.6. The zero-order valence-corrected chi connectivity index (χ0v) is 30.0. The number of methoxy groups -OCH3 is 1. The van der Waals surface area contributed by atoms with Crippen LogP contribution in [-0.2, 0) is 31.8 Å². The van der Waals surface area contributed by atoms with E-state index in [9.17, 15) is 17.6 Å². The zero-order chi connectivity index (χ0) is 35.1. The average molecular weight is 710 g/mol. The second kappa shape index (κ2) is 14.0. The van der Waals surface area contributed by atoms with E-state index in [1.54, 1.807) is 37.4 Å². The Labute approximate surface area is 294 Å². The predicted molar refractivity (Wildman–Crippen MR) is 187 cm³/mol. The van der Waals surface area contributed by atoms with Crippen LogP contribution in [0.2, 0.25) is 0 Å². The number of carbonyl (C=O) groups excluding carboxylic acids is 1. The molecular formula is C38H49F2N5O4S. The number of piperidine rings is 1. The highest BCUT2D eigenvalue weighted by atomic mass is 32.2. The lowest BCUT2D eigenvalue weighted by molar-refractivity contribution is -0.142. The summed E-state index contributed by atoms with van der Waals surface area (Å²) in [6.07, 6.45) is 9.17. The number of esters is 1. The number of alkyl halides is 1. The van der Waals surface area contributed by atoms with Gasteiger partial charge in [0.1, 0.15) is 10.7 Å². The number of aryl methyl sites for hydroxylation is 1. The SMILES string of the molecule is COC(=O)C[C@H]1CCC[C@@H]1[C@](CN1CCC1)(c1cccc(F)c1)C1CCN(CC2(F)CN(c3ccc(S(=O)(=O)c4cnn(C)c4)cc3)C2)CC1. The first kappa shape index (κ1) is 35.1. The number of halogens is 2. The van der Waals surface area contributed by atoms with Gasteiger partial charge in [0.05, 0.1) is 31.3 Å². The van der Waals surface area contributed by atoms with Gasteiger partial charge < -0.3 is 14.5 Å². The molecule has 2 aromatic carbocycles. The zero-order valence-electron chi connectivity index (χ0n) is 29.1. The van der Waals surface area contributed by atoms with E-state index in [1.807, 2.05) is 11.0 Å². The minimum atomic E-state index is -3.67. The molecule has 3 aliphatic heterocycles. The van der Waals surface area contributed by atoms with Crippen molar-refractivity contribution < 1.29 is 26.7 Å². The third-order valence-corrected chi connectivity index (χ3v) is 13.8. The first-order valence-corrected chi connectivity index (χ1v) is 19.5. The van der Waals surface area contributed by atoms with Crippen molar-refractivity contribution in [1.29, 1.82) is 0 Å². The number of sulfone groups is 1. The van der Waals surface area contributed by atoms with Crippen molar-refractivity contribution >= 4 is 21.5 Å². The summed E-state index contributed by atoms with van der Waals surface area (Å²) >= 11 is 0. The molecule has 4 fully saturated rings. The van der Waals surface area contributed by atoms with Gasteiger partial charge in [-0.2, -0.15) is 5.10 Å². The topological polar surface area (TPSA) is 88.0 Å². The second-order valence-electron chi connectivity index (χ2n) is 15.2. The maximum Gasteiger partial charge on any atom is 0.305 e. The summed E-state index contributed by atoms with van der Waals surface area (Å²) in [5.41, 5.74) is 0.175. The Hall–Kier alpha value is -3.35. The molecule has 9 nitrogen and oxygen atoms in total. The van der Waals surface area contributed by atoms with Crippen LogP contribution in [-0.4, -0.2) is 99.1 Å². The van der Waals surface area contributed by atoms with Gasteiger partial charge in [0, 0.05) is 43.9 Å². The molecule has 0 amide bonds. The molecule has 0 unspecified atom stereocenters. The van der Waals surface area contributed by atoms with Crippen molar-refractivity contribution in [3.63, 3.8) is 0 Å². The Bertz CT molecular complexity index is 1770. The van der Waals surface area contributed by atoms with E-state index >= 15 is 4.39 Å². The van der Waals surface area contributed by atoms with Gasteiger partial charge in [-0.25, -0.2) is 17.2 Å². The van der Waals surface area contributed by atoms with E-state index in [0.29, 0.717) is 13.0 Å². The molecule has 4 heterocycles. The Morgan fingerprint density at radius 2 is 1.72 bits per heavy atom. The quantitative estimate of drug-likeness (QED) is 0.236. The molecule has 4 aliphatic rings. The van der Waals surface area contributed by atoms with E-state index in [4.69, 9.17) is 4.74 Å². The smallest absolute Gasteiger partial charge is 0.305 e. The summed E-state index contributed by atoms with van der Waals surface area (Å²) in [4.78, 5) is 19.6. The van der Waals surface area contributed by atoms with Gasteiger partial charge in [-0.1, -0.05) is 18.6 Å². The summed E-state index contributed by atoms with van der Waals surface area (Å²) in [6.45, 7) is 5.31. The van der Waals surface area contributed by atoms with Gasteiger partial charge in [0.25, 0.3) is 0 Å². The van der Waals surface area contributed by atoms with Crippen LogP contribution in [0.15, 0.2) is 70.7 Å². The number of hydrogen-bond donors (Lipinski definition) is 0. The number of carbonyl (C=O) groups is 1. The van der Waals surface area contributed by atoms with Crippen LogP contribution < -0.4 is 4.90 Å². The Morgan fingerprint density at radius 1 is 0.980 bits per heavy atom. The van der Waals surface area contributed by atoms with Crippen molar-refractivity contribution in [2.24, 2.45) is 24.8 Å². The van der Waals surface area contributed by atoms with Crippen molar-refractivity contribution in [1.82, 2.24) is 19.6 Å². The van der Waals surface area contributed by atoms with Crippen molar-refractivity contribution in [3.05, 3.63) is 72.3 Å². The summed E-state index contributed by atoms with van der Waals surface area (Å²) in [6, 6.07) is 13.8. The predicted octanol–water partition coefficient (Wildman–Crippen LogP) is 5.26. The maximum absolute atomic E-state index is 16.2. The highest BCUT2D eigenvalue weighted by Gasteiger charge is 2.53. The van der Waals surface area contributed by atoms with Gasteiger partial charge in [-0.05, 0) is 118 Å². The fourth-order valence-electron chi connectivity index (χ4n) is 9.47. The molecule has 1 aromatic heterocycles. The molecule has 3 atom stereocenters. The number of nitrogens with zero attached hydrogens (tertiary/aromatic N) is 5. The Balaban J connectivity index is 1.03. The van der Waals surface area contributed by atoms with Crippen LogP contribution in [0.5, 0.6) is 0 Å². The summed E-state index contributed by atoms with van der Waals surface area (Å²) in [7, 11) is -0.546. The molecule has 7 rings (SSSR count). The Kier molecular flexibility index (Phi) is 9.81. The summed E-state index contributed by atoms with van der Waals surface area (Å²) in [5, 5.41) is 3.98. The number of anilines is 1. The highest BCUT2D eigenvalue weighted by molar-refractivity contribution is 7.91. The van der Waals surface area contributed by atoms with E-state index in [-0.39, 0.29) is 57.8 Å². The van der Waals surface area contributed by atoms with Crippen LogP contribution in [0.4, 0.5) is 14.5 Å². The van der Waals surface area contributed by atoms with E-state index in [2.05, 4.69) is 21.0 Å². The standard InChI is InChI=1S/C38H49F2N5O4S/c1-42-23-34(22-41-42)50(47,48)33-12-10-32(11-13-33)45-25-37(40,26-45)24-44-18-14-29(15-19-44)38(27-43-16-5-17-43,30-7-4-8-31(39)21-30)35-9-3-6-28(35)20-36(46)49-2/h4,7-8,10-13,21-23,28-29,35H,3,5-6,9,14-20,24-27H2,1-2H3/t28-,35+,38+/m1/s1. The number of rotatable bonds is 12. The fraction of sp³-hybridized carbons (Fsp3) is 0.579. The molecule has 1 saturated carbocycles. The molecule has 3 saturated heterocycles. The first-order chi connectivity index (χ1) is 24.0. The van der Waals surface area contributed by atoms with Gasteiger partial charge in [0.2, 0.25) is 9.84 Å². The summed E-state index contributed by atoms with van der Waals surface area (Å²) in [5.74, 6) is 0.291. The van der Waals surface area contributed by atoms with E-state index < -0.39 is 15.5 Å². The van der Waals surface area contributed by atoms with Gasteiger partial charge in [-0.15, -0.1) is 0 Å². The average Bonchev–Trinajstić information content (AvgIpc) is 3.73. The number of likely N-dealkylation sites (tertiary alicyclic amines) is 2. The van der Waals surface area contributed by atoms with Gasteiger partial charge >= 0.3 is 5.97 Å². The molecule has 0 radical (unpaired) electrons. The van der Waals surface area contributed by atoms with E-state index in [1.165, 1.54) is 30.3 Å². The molecule has 1 aliphatic carbocycles. The molecule has 12 heteroatoms. The maximum atomic E-state index is 16.2. The molecule has 0 spiro atoms.